The third kappa shape index (κ3) is 4.09. The lowest BCUT2D eigenvalue weighted by Gasteiger charge is -2.25. The van der Waals surface area contributed by atoms with Crippen LogP contribution >= 0.6 is 0 Å². The molecule has 0 fully saturated rings. The van der Waals surface area contributed by atoms with Crippen molar-refractivity contribution in [2.45, 2.75) is 11.4 Å². The summed E-state index contributed by atoms with van der Waals surface area (Å²) in [6.45, 7) is -0.0324. The zero-order valence-corrected chi connectivity index (χ0v) is 15.3. The first-order chi connectivity index (χ1) is 12.9. The van der Waals surface area contributed by atoms with E-state index >= 15 is 0 Å². The minimum atomic E-state index is -4.02. The molecule has 0 saturated heterocycles. The first-order valence-electron chi connectivity index (χ1n) is 8.07. The summed E-state index contributed by atoms with van der Waals surface area (Å²) in [4.78, 5) is -0.0666. The molecule has 0 saturated carbocycles. The highest BCUT2D eigenvalue weighted by Gasteiger charge is 2.26. The molecule has 27 heavy (non-hydrogen) atoms. The molecule has 0 heterocycles. The number of sulfonamides is 1. The van der Waals surface area contributed by atoms with Crippen LogP contribution in [-0.2, 0) is 16.6 Å². The predicted molar refractivity (Wildman–Crippen MR) is 99.2 cm³/mol. The Labute approximate surface area is 156 Å². The number of ether oxygens (including phenoxy) is 1. The van der Waals surface area contributed by atoms with Crippen LogP contribution < -0.4 is 9.04 Å². The van der Waals surface area contributed by atoms with Crippen molar-refractivity contribution in [3.63, 3.8) is 0 Å². The molecular formula is C20H17F2NO3S. The molecule has 0 spiro atoms. The summed E-state index contributed by atoms with van der Waals surface area (Å²) in [5, 5.41) is 0. The predicted octanol–water partition coefficient (Wildman–Crippen LogP) is 4.37. The summed E-state index contributed by atoms with van der Waals surface area (Å²) < 4.78 is 59.4. The zero-order chi connectivity index (χ0) is 19.4. The summed E-state index contributed by atoms with van der Waals surface area (Å²) in [6.07, 6.45) is 0. The van der Waals surface area contributed by atoms with Gasteiger partial charge in [0.1, 0.15) is 17.4 Å². The van der Waals surface area contributed by atoms with Gasteiger partial charge in [-0.25, -0.2) is 17.2 Å². The largest absolute Gasteiger partial charge is 0.496 e. The van der Waals surface area contributed by atoms with Crippen LogP contribution in [0.1, 0.15) is 5.56 Å². The van der Waals surface area contributed by atoms with E-state index < -0.39 is 21.7 Å². The Morgan fingerprint density at radius 3 is 2.00 bits per heavy atom. The minimum absolute atomic E-state index is 0.0324. The molecule has 0 aliphatic heterocycles. The Morgan fingerprint density at radius 1 is 0.852 bits per heavy atom. The van der Waals surface area contributed by atoms with Crippen molar-refractivity contribution in [1.82, 2.24) is 0 Å². The maximum atomic E-state index is 13.3. The number of hydrogen-bond donors (Lipinski definition) is 0. The monoisotopic (exact) mass is 389 g/mol. The molecule has 140 valence electrons. The number of para-hydroxylation sites is 1. The first kappa shape index (κ1) is 18.8. The van der Waals surface area contributed by atoms with Gasteiger partial charge in [0.05, 0.1) is 24.2 Å². The molecule has 3 rings (SSSR count). The molecule has 0 atom stereocenters. The number of rotatable bonds is 6. The molecule has 0 bridgehead atoms. The van der Waals surface area contributed by atoms with Crippen molar-refractivity contribution >= 4 is 15.7 Å². The molecular weight excluding hydrogens is 372 g/mol. The quantitative estimate of drug-likeness (QED) is 0.629. The van der Waals surface area contributed by atoms with E-state index in [1.807, 2.05) is 0 Å². The smallest absolute Gasteiger partial charge is 0.264 e. The highest BCUT2D eigenvalue weighted by Crippen LogP contribution is 2.29. The number of methoxy groups -OCH3 is 1. The standard InChI is InChI=1S/C20H17F2NO3S/c1-26-20-5-3-2-4-15(20)14-23(18-10-6-16(21)7-11-18)27(24,25)19-12-8-17(22)9-13-19/h2-13H,14H2,1H3. The zero-order valence-electron chi connectivity index (χ0n) is 14.5. The van der Waals surface area contributed by atoms with E-state index in [-0.39, 0.29) is 17.1 Å². The Kier molecular flexibility index (Phi) is 5.41. The lowest BCUT2D eigenvalue weighted by molar-refractivity contribution is 0.410. The van der Waals surface area contributed by atoms with Crippen molar-refractivity contribution in [3.8, 4) is 5.75 Å². The van der Waals surface area contributed by atoms with Crippen molar-refractivity contribution in [3.05, 3.63) is 90.0 Å². The van der Waals surface area contributed by atoms with Crippen LogP contribution in [0.5, 0.6) is 5.75 Å². The van der Waals surface area contributed by atoms with Gasteiger partial charge >= 0.3 is 0 Å². The van der Waals surface area contributed by atoms with E-state index in [2.05, 4.69) is 0 Å². The summed E-state index contributed by atoms with van der Waals surface area (Å²) in [5.74, 6) is -0.485. The van der Waals surface area contributed by atoms with Gasteiger partial charge in [0.15, 0.2) is 0 Å². The van der Waals surface area contributed by atoms with Crippen molar-refractivity contribution in [1.29, 1.82) is 0 Å². The summed E-state index contributed by atoms with van der Waals surface area (Å²) >= 11 is 0. The fourth-order valence-corrected chi connectivity index (χ4v) is 4.09. The Balaban J connectivity index is 2.09. The molecule has 3 aromatic rings. The van der Waals surface area contributed by atoms with E-state index in [4.69, 9.17) is 4.74 Å². The normalized spacial score (nSPS) is 11.2. The Morgan fingerprint density at radius 2 is 1.41 bits per heavy atom. The summed E-state index contributed by atoms with van der Waals surface area (Å²) in [7, 11) is -2.52. The average Bonchev–Trinajstić information content (AvgIpc) is 2.67. The molecule has 0 aliphatic rings. The molecule has 4 nitrogen and oxygen atoms in total. The molecule has 0 unspecified atom stereocenters. The van der Waals surface area contributed by atoms with E-state index in [9.17, 15) is 17.2 Å². The van der Waals surface area contributed by atoms with Crippen molar-refractivity contribution in [2.24, 2.45) is 0 Å². The van der Waals surface area contributed by atoms with Gasteiger partial charge in [0, 0.05) is 5.56 Å². The maximum Gasteiger partial charge on any atom is 0.264 e. The number of hydrogen-bond acceptors (Lipinski definition) is 3. The van der Waals surface area contributed by atoms with E-state index in [0.717, 1.165) is 16.4 Å². The van der Waals surface area contributed by atoms with Crippen LogP contribution in [0.4, 0.5) is 14.5 Å². The third-order valence-electron chi connectivity index (χ3n) is 4.02. The van der Waals surface area contributed by atoms with Crippen LogP contribution in [0, 0.1) is 11.6 Å². The van der Waals surface area contributed by atoms with E-state index in [0.29, 0.717) is 11.3 Å². The molecule has 0 amide bonds. The number of halogens is 2. The van der Waals surface area contributed by atoms with Gasteiger partial charge in [0.2, 0.25) is 0 Å². The summed E-state index contributed by atoms with van der Waals surface area (Å²) in [6, 6.07) is 16.7. The van der Waals surface area contributed by atoms with Gasteiger partial charge in [-0.15, -0.1) is 0 Å². The van der Waals surface area contributed by atoms with Crippen LogP contribution in [0.15, 0.2) is 77.7 Å². The van der Waals surface area contributed by atoms with Crippen LogP contribution in [0.25, 0.3) is 0 Å². The molecule has 0 N–H and O–H groups in total. The third-order valence-corrected chi connectivity index (χ3v) is 5.81. The molecule has 0 aliphatic carbocycles. The molecule has 0 aromatic heterocycles. The van der Waals surface area contributed by atoms with Crippen LogP contribution in [-0.4, -0.2) is 15.5 Å². The lowest BCUT2D eigenvalue weighted by atomic mass is 10.2. The number of anilines is 1. The fraction of sp³-hybridized carbons (Fsp3) is 0.100. The molecule has 0 radical (unpaired) electrons. The molecule has 3 aromatic carbocycles. The summed E-state index contributed by atoms with van der Waals surface area (Å²) in [5.41, 5.74) is 0.918. The lowest BCUT2D eigenvalue weighted by Crippen LogP contribution is -2.30. The fourth-order valence-electron chi connectivity index (χ4n) is 2.64. The van der Waals surface area contributed by atoms with Crippen molar-refractivity contribution < 1.29 is 21.9 Å². The van der Waals surface area contributed by atoms with E-state index in [1.54, 1.807) is 24.3 Å². The maximum absolute atomic E-state index is 13.3. The van der Waals surface area contributed by atoms with Gasteiger partial charge in [-0.2, -0.15) is 0 Å². The highest BCUT2D eigenvalue weighted by molar-refractivity contribution is 7.92. The highest BCUT2D eigenvalue weighted by atomic mass is 32.2. The Hall–Kier alpha value is -2.93. The SMILES string of the molecule is COc1ccccc1CN(c1ccc(F)cc1)S(=O)(=O)c1ccc(F)cc1. The van der Waals surface area contributed by atoms with Gasteiger partial charge in [-0.3, -0.25) is 4.31 Å². The van der Waals surface area contributed by atoms with Crippen molar-refractivity contribution in [2.75, 3.05) is 11.4 Å². The van der Waals surface area contributed by atoms with Gasteiger partial charge < -0.3 is 4.74 Å². The number of benzene rings is 3. The van der Waals surface area contributed by atoms with Crippen LogP contribution in [0.2, 0.25) is 0 Å². The van der Waals surface area contributed by atoms with Gasteiger partial charge in [-0.05, 0) is 54.6 Å². The second-order valence-electron chi connectivity index (χ2n) is 5.75. The minimum Gasteiger partial charge on any atom is -0.496 e. The van der Waals surface area contributed by atoms with Gasteiger partial charge in [0.25, 0.3) is 10.0 Å². The van der Waals surface area contributed by atoms with E-state index in [1.165, 1.54) is 43.5 Å². The first-order valence-corrected chi connectivity index (χ1v) is 9.51. The van der Waals surface area contributed by atoms with Crippen LogP contribution in [0.3, 0.4) is 0 Å². The second-order valence-corrected chi connectivity index (χ2v) is 7.62. The Bertz CT molecular complexity index is 1020. The van der Waals surface area contributed by atoms with Gasteiger partial charge in [-0.1, -0.05) is 18.2 Å². The number of nitrogens with zero attached hydrogens (tertiary/aromatic N) is 1. The second kappa shape index (κ2) is 7.75. The topological polar surface area (TPSA) is 46.6 Å². The average molecular weight is 389 g/mol. The molecule has 7 heteroatoms.